The molecule has 1 heterocycles. The summed E-state index contributed by atoms with van der Waals surface area (Å²) >= 11 is 0. The summed E-state index contributed by atoms with van der Waals surface area (Å²) < 4.78 is 38.2. The maximum atomic E-state index is 12.5. The topological polar surface area (TPSA) is 90.7 Å². The summed E-state index contributed by atoms with van der Waals surface area (Å²) in [6.45, 7) is 3.90. The number of benzene rings is 1. The van der Waals surface area contributed by atoms with Crippen LogP contribution in [0.3, 0.4) is 0 Å². The van der Waals surface area contributed by atoms with Gasteiger partial charge in [0.1, 0.15) is 0 Å². The highest BCUT2D eigenvalue weighted by atomic mass is 32.2. The fraction of sp³-hybridized carbons (Fsp3) is 0.571. The van der Waals surface area contributed by atoms with E-state index in [4.69, 9.17) is 15.2 Å². The van der Waals surface area contributed by atoms with Crippen LogP contribution >= 0.6 is 0 Å². The molecule has 0 aromatic heterocycles. The third-order valence-corrected chi connectivity index (χ3v) is 4.93. The Morgan fingerprint density at radius 2 is 2.19 bits per heavy atom. The molecule has 118 valence electrons. The van der Waals surface area contributed by atoms with Gasteiger partial charge >= 0.3 is 0 Å². The molecule has 1 aliphatic heterocycles. The number of nitrogens with one attached hydrogen (secondary N) is 1. The first kappa shape index (κ1) is 16.4. The second-order valence-corrected chi connectivity index (χ2v) is 6.65. The highest BCUT2D eigenvalue weighted by molar-refractivity contribution is 7.89. The van der Waals surface area contributed by atoms with E-state index >= 15 is 0 Å². The Morgan fingerprint density at radius 1 is 1.38 bits per heavy atom. The van der Waals surface area contributed by atoms with E-state index in [9.17, 15) is 8.42 Å². The smallest absolute Gasteiger partial charge is 0.240 e. The second-order valence-electron chi connectivity index (χ2n) is 4.92. The van der Waals surface area contributed by atoms with Crippen molar-refractivity contribution in [2.45, 2.75) is 30.9 Å². The van der Waals surface area contributed by atoms with Crippen LogP contribution < -0.4 is 10.5 Å². The minimum atomic E-state index is -3.58. The van der Waals surface area contributed by atoms with Gasteiger partial charge in [0, 0.05) is 13.1 Å². The van der Waals surface area contributed by atoms with E-state index in [1.165, 1.54) is 0 Å². The first-order chi connectivity index (χ1) is 10.1. The predicted molar refractivity (Wildman–Crippen MR) is 79.5 cm³/mol. The van der Waals surface area contributed by atoms with Crippen molar-refractivity contribution >= 4 is 10.0 Å². The van der Waals surface area contributed by atoms with Crippen LogP contribution in [0.5, 0.6) is 0 Å². The molecular weight excluding hydrogens is 292 g/mol. The Kier molecular flexibility index (Phi) is 5.72. The van der Waals surface area contributed by atoms with Crippen LogP contribution in [0, 0.1) is 0 Å². The highest BCUT2D eigenvalue weighted by Gasteiger charge is 2.21. The van der Waals surface area contributed by atoms with Gasteiger partial charge in [0.05, 0.1) is 30.8 Å². The van der Waals surface area contributed by atoms with Crippen molar-refractivity contribution < 1.29 is 17.9 Å². The normalized spacial score (nSPS) is 19.6. The molecule has 1 fully saturated rings. The quantitative estimate of drug-likeness (QED) is 0.793. The van der Waals surface area contributed by atoms with Gasteiger partial charge in [0.15, 0.2) is 0 Å². The molecule has 1 aromatic carbocycles. The SMILES string of the molecule is CCc1ccc(CN)cc1S(=O)(=O)NCC1COCCO1. The summed E-state index contributed by atoms with van der Waals surface area (Å²) in [6.07, 6.45) is 0.403. The Morgan fingerprint density at radius 3 is 2.81 bits per heavy atom. The number of hydrogen-bond acceptors (Lipinski definition) is 5. The maximum Gasteiger partial charge on any atom is 0.240 e. The van der Waals surface area contributed by atoms with E-state index in [-0.39, 0.29) is 12.6 Å². The molecule has 0 amide bonds. The van der Waals surface area contributed by atoms with Crippen molar-refractivity contribution in [3.05, 3.63) is 29.3 Å². The summed E-state index contributed by atoms with van der Waals surface area (Å²) in [5.74, 6) is 0. The summed E-state index contributed by atoms with van der Waals surface area (Å²) in [6, 6.07) is 5.31. The van der Waals surface area contributed by atoms with Gasteiger partial charge < -0.3 is 15.2 Å². The van der Waals surface area contributed by atoms with Crippen LogP contribution in [0.15, 0.2) is 23.1 Å². The molecule has 6 nitrogen and oxygen atoms in total. The second kappa shape index (κ2) is 7.33. The van der Waals surface area contributed by atoms with E-state index < -0.39 is 10.0 Å². The van der Waals surface area contributed by atoms with Crippen molar-refractivity contribution in [2.75, 3.05) is 26.4 Å². The van der Waals surface area contributed by atoms with Crippen LogP contribution in [-0.2, 0) is 32.5 Å². The molecule has 0 aliphatic carbocycles. The number of nitrogens with two attached hydrogens (primary N) is 1. The van der Waals surface area contributed by atoms with Crippen molar-refractivity contribution in [3.8, 4) is 0 Å². The molecule has 21 heavy (non-hydrogen) atoms. The highest BCUT2D eigenvalue weighted by Crippen LogP contribution is 2.18. The zero-order valence-electron chi connectivity index (χ0n) is 12.2. The third-order valence-electron chi connectivity index (χ3n) is 3.42. The Bertz CT molecular complexity index is 568. The number of aryl methyl sites for hydroxylation is 1. The van der Waals surface area contributed by atoms with Crippen molar-refractivity contribution in [1.29, 1.82) is 0 Å². The van der Waals surface area contributed by atoms with Crippen molar-refractivity contribution in [1.82, 2.24) is 4.72 Å². The largest absolute Gasteiger partial charge is 0.376 e. The molecule has 3 N–H and O–H groups in total. The number of sulfonamides is 1. The molecular formula is C14H22N2O4S. The summed E-state index contributed by atoms with van der Waals surface area (Å²) in [5, 5.41) is 0. The lowest BCUT2D eigenvalue weighted by molar-refractivity contribution is -0.0846. The first-order valence-electron chi connectivity index (χ1n) is 7.07. The van der Waals surface area contributed by atoms with Crippen LogP contribution in [0.25, 0.3) is 0 Å². The Hall–Kier alpha value is -0.990. The summed E-state index contributed by atoms with van der Waals surface area (Å²) in [4.78, 5) is 0.296. The van der Waals surface area contributed by atoms with Gasteiger partial charge in [0.25, 0.3) is 0 Å². The van der Waals surface area contributed by atoms with E-state index in [1.807, 2.05) is 19.1 Å². The monoisotopic (exact) mass is 314 g/mol. The molecule has 1 unspecified atom stereocenters. The number of rotatable bonds is 6. The van der Waals surface area contributed by atoms with E-state index in [2.05, 4.69) is 4.72 Å². The minimum absolute atomic E-state index is 0.207. The Labute approximate surface area is 125 Å². The molecule has 7 heteroatoms. The summed E-state index contributed by atoms with van der Waals surface area (Å²) in [5.41, 5.74) is 7.17. The maximum absolute atomic E-state index is 12.5. The molecule has 1 saturated heterocycles. The van der Waals surface area contributed by atoms with Crippen LogP contribution in [-0.4, -0.2) is 40.9 Å². The first-order valence-corrected chi connectivity index (χ1v) is 8.56. The van der Waals surface area contributed by atoms with E-state index in [0.29, 0.717) is 37.7 Å². The average molecular weight is 314 g/mol. The van der Waals surface area contributed by atoms with Gasteiger partial charge in [-0.2, -0.15) is 0 Å². The van der Waals surface area contributed by atoms with Gasteiger partial charge in [-0.15, -0.1) is 0 Å². The van der Waals surface area contributed by atoms with Gasteiger partial charge in [-0.1, -0.05) is 19.1 Å². The lowest BCUT2D eigenvalue weighted by Gasteiger charge is -2.23. The van der Waals surface area contributed by atoms with Gasteiger partial charge in [0.2, 0.25) is 10.0 Å². The molecule has 0 radical (unpaired) electrons. The van der Waals surface area contributed by atoms with Crippen LogP contribution in [0.1, 0.15) is 18.1 Å². The van der Waals surface area contributed by atoms with Gasteiger partial charge in [-0.3, -0.25) is 0 Å². The zero-order valence-corrected chi connectivity index (χ0v) is 13.0. The average Bonchev–Trinajstić information content (AvgIpc) is 2.53. The zero-order chi connectivity index (χ0) is 15.3. The minimum Gasteiger partial charge on any atom is -0.376 e. The fourth-order valence-corrected chi connectivity index (χ4v) is 3.63. The molecule has 0 bridgehead atoms. The van der Waals surface area contributed by atoms with Crippen LogP contribution in [0.4, 0.5) is 0 Å². The number of hydrogen-bond donors (Lipinski definition) is 2. The van der Waals surface area contributed by atoms with E-state index in [1.54, 1.807) is 6.07 Å². The predicted octanol–water partition coefficient (Wildman–Crippen LogP) is 0.401. The summed E-state index contributed by atoms with van der Waals surface area (Å²) in [7, 11) is -3.58. The lowest BCUT2D eigenvalue weighted by Crippen LogP contribution is -2.39. The number of ether oxygens (including phenoxy) is 2. The van der Waals surface area contributed by atoms with Gasteiger partial charge in [-0.25, -0.2) is 13.1 Å². The van der Waals surface area contributed by atoms with Crippen molar-refractivity contribution in [2.24, 2.45) is 5.73 Å². The van der Waals surface area contributed by atoms with Crippen molar-refractivity contribution in [3.63, 3.8) is 0 Å². The molecule has 1 aromatic rings. The molecule has 1 aliphatic rings. The standard InChI is InChI=1S/C14H22N2O4S/c1-2-12-4-3-11(8-15)7-14(12)21(17,18)16-9-13-10-19-5-6-20-13/h3-4,7,13,16H,2,5-6,8-10,15H2,1H3. The lowest BCUT2D eigenvalue weighted by atomic mass is 10.1. The molecule has 1 atom stereocenters. The van der Waals surface area contributed by atoms with Gasteiger partial charge in [-0.05, 0) is 23.6 Å². The molecule has 2 rings (SSSR count). The molecule has 0 spiro atoms. The third kappa shape index (κ3) is 4.24. The van der Waals surface area contributed by atoms with Crippen LogP contribution in [0.2, 0.25) is 0 Å². The van der Waals surface area contributed by atoms with E-state index in [0.717, 1.165) is 11.1 Å². The Balaban J connectivity index is 2.14. The fourth-order valence-electron chi connectivity index (χ4n) is 2.20. The molecule has 0 saturated carbocycles.